The van der Waals surface area contributed by atoms with Gasteiger partial charge in [-0.05, 0) is 37.3 Å². The molecule has 7 heteroatoms. The molecule has 2 rings (SSSR count). The first kappa shape index (κ1) is 14.9. The lowest BCUT2D eigenvalue weighted by molar-refractivity contribution is 0.418. The van der Waals surface area contributed by atoms with Gasteiger partial charge in [0.05, 0.1) is 4.88 Å². The number of hydrogen-bond acceptors (Lipinski definition) is 4. The van der Waals surface area contributed by atoms with Crippen molar-refractivity contribution in [3.05, 3.63) is 17.0 Å². The van der Waals surface area contributed by atoms with Crippen LogP contribution >= 0.6 is 23.6 Å². The smallest absolute Gasteiger partial charge is 0.252 e. The molecule has 1 aromatic rings. The molecule has 4 nitrogen and oxygen atoms in total. The maximum atomic E-state index is 12.5. The highest BCUT2D eigenvalue weighted by atomic mass is 32.2. The average molecular weight is 318 g/mol. The fraction of sp³-hybridized carbons (Fsp3) is 0.583. The summed E-state index contributed by atoms with van der Waals surface area (Å²) in [5.41, 5.74) is 5.53. The first-order chi connectivity index (χ1) is 8.91. The summed E-state index contributed by atoms with van der Waals surface area (Å²) in [7, 11) is -3.38. The molecule has 19 heavy (non-hydrogen) atoms. The van der Waals surface area contributed by atoms with Gasteiger partial charge in [-0.3, -0.25) is 0 Å². The topological polar surface area (TPSA) is 63.4 Å². The summed E-state index contributed by atoms with van der Waals surface area (Å²) in [4.78, 5) is 0.896. The molecule has 0 aliphatic carbocycles. The number of thiocarbonyl (C=S) groups is 1. The minimum absolute atomic E-state index is 0.246. The second kappa shape index (κ2) is 5.87. The Kier molecular flexibility index (Phi) is 4.60. The van der Waals surface area contributed by atoms with Crippen LogP contribution in [0.25, 0.3) is 0 Å². The zero-order valence-electron chi connectivity index (χ0n) is 10.8. The summed E-state index contributed by atoms with van der Waals surface area (Å²) < 4.78 is 27.0. The van der Waals surface area contributed by atoms with Gasteiger partial charge >= 0.3 is 0 Å². The van der Waals surface area contributed by atoms with Crippen LogP contribution in [0.2, 0.25) is 0 Å². The highest BCUT2D eigenvalue weighted by molar-refractivity contribution is 7.91. The maximum absolute atomic E-state index is 12.5. The number of rotatable bonds is 3. The summed E-state index contributed by atoms with van der Waals surface area (Å²) in [5, 5.41) is 0. The third-order valence-electron chi connectivity index (χ3n) is 3.39. The first-order valence-corrected chi connectivity index (χ1v) is 8.97. The number of thiophene rings is 1. The molecule has 0 bridgehead atoms. The zero-order chi connectivity index (χ0) is 14.0. The summed E-state index contributed by atoms with van der Waals surface area (Å²) in [5.74, 6) is 0.593. The minimum Gasteiger partial charge on any atom is -0.389 e. The highest BCUT2D eigenvalue weighted by Crippen LogP contribution is 2.27. The predicted molar refractivity (Wildman–Crippen MR) is 82.0 cm³/mol. The Labute approximate surface area is 123 Å². The van der Waals surface area contributed by atoms with Crippen molar-refractivity contribution in [2.24, 2.45) is 11.7 Å². The Morgan fingerprint density at radius 1 is 1.42 bits per heavy atom. The van der Waals surface area contributed by atoms with Gasteiger partial charge in [-0.1, -0.05) is 19.1 Å². The van der Waals surface area contributed by atoms with Crippen molar-refractivity contribution < 1.29 is 8.42 Å². The second-order valence-corrected chi connectivity index (χ2v) is 8.61. The molecule has 1 aliphatic rings. The molecular weight excluding hydrogens is 300 g/mol. The van der Waals surface area contributed by atoms with Crippen molar-refractivity contribution in [3.8, 4) is 0 Å². The van der Waals surface area contributed by atoms with Gasteiger partial charge in [0.25, 0.3) is 10.0 Å². The number of hydrogen-bond donors (Lipinski definition) is 1. The molecule has 1 unspecified atom stereocenters. The molecule has 1 aliphatic heterocycles. The van der Waals surface area contributed by atoms with Crippen LogP contribution in [0.4, 0.5) is 0 Å². The fourth-order valence-corrected chi connectivity index (χ4v) is 5.19. The Bertz CT molecular complexity index is 565. The van der Waals surface area contributed by atoms with Crippen LogP contribution in [0.1, 0.15) is 31.1 Å². The van der Waals surface area contributed by atoms with Crippen molar-refractivity contribution in [3.63, 3.8) is 0 Å². The standard InChI is InChI=1S/C12H18N2O2S3/c1-9-3-2-7-14(8-6-9)19(15,16)11-5-4-10(18-11)12(13)17/h4-5,9H,2-3,6-8H2,1H3,(H2,13,17). The van der Waals surface area contributed by atoms with E-state index in [-0.39, 0.29) is 4.99 Å². The highest BCUT2D eigenvalue weighted by Gasteiger charge is 2.28. The summed E-state index contributed by atoms with van der Waals surface area (Å²) in [6, 6.07) is 3.28. The zero-order valence-corrected chi connectivity index (χ0v) is 13.3. The molecule has 1 fully saturated rings. The quantitative estimate of drug-likeness (QED) is 0.868. The average Bonchev–Trinajstić information content (AvgIpc) is 2.74. The lowest BCUT2D eigenvalue weighted by atomic mass is 10.0. The Hall–Kier alpha value is -0.500. The van der Waals surface area contributed by atoms with E-state index >= 15 is 0 Å². The Balaban J connectivity index is 2.23. The molecule has 0 saturated carbocycles. The molecule has 0 spiro atoms. The molecule has 1 aromatic heterocycles. The van der Waals surface area contributed by atoms with Gasteiger partial charge in [0.15, 0.2) is 0 Å². The van der Waals surface area contributed by atoms with E-state index in [0.717, 1.165) is 30.6 Å². The van der Waals surface area contributed by atoms with Crippen LogP contribution < -0.4 is 5.73 Å². The molecular formula is C12H18N2O2S3. The predicted octanol–water partition coefficient (Wildman–Crippen LogP) is 2.19. The maximum Gasteiger partial charge on any atom is 0.252 e. The van der Waals surface area contributed by atoms with Crippen molar-refractivity contribution in [2.45, 2.75) is 30.4 Å². The van der Waals surface area contributed by atoms with Crippen molar-refractivity contribution >= 4 is 38.6 Å². The number of nitrogens with zero attached hydrogens (tertiary/aromatic N) is 1. The number of sulfonamides is 1. The van der Waals surface area contributed by atoms with Crippen molar-refractivity contribution in [1.82, 2.24) is 4.31 Å². The van der Waals surface area contributed by atoms with E-state index in [1.807, 2.05) is 0 Å². The van der Waals surface area contributed by atoms with Crippen molar-refractivity contribution in [2.75, 3.05) is 13.1 Å². The number of nitrogens with two attached hydrogens (primary N) is 1. The molecule has 106 valence electrons. The van der Waals surface area contributed by atoms with Crippen LogP contribution in [-0.2, 0) is 10.0 Å². The van der Waals surface area contributed by atoms with E-state index in [1.54, 1.807) is 16.4 Å². The van der Waals surface area contributed by atoms with E-state index in [0.29, 0.717) is 28.1 Å². The van der Waals surface area contributed by atoms with Crippen LogP contribution in [0.15, 0.2) is 16.3 Å². The molecule has 1 saturated heterocycles. The van der Waals surface area contributed by atoms with Crippen LogP contribution in [0.5, 0.6) is 0 Å². The van der Waals surface area contributed by atoms with Crippen LogP contribution in [0.3, 0.4) is 0 Å². The molecule has 2 N–H and O–H groups in total. The van der Waals surface area contributed by atoms with Crippen LogP contribution in [0, 0.1) is 5.92 Å². The molecule has 0 aromatic carbocycles. The van der Waals surface area contributed by atoms with Gasteiger partial charge in [0.1, 0.15) is 9.20 Å². The van der Waals surface area contributed by atoms with E-state index in [9.17, 15) is 8.42 Å². The van der Waals surface area contributed by atoms with Gasteiger partial charge in [-0.2, -0.15) is 4.31 Å². The van der Waals surface area contributed by atoms with Crippen LogP contribution in [-0.4, -0.2) is 30.8 Å². The monoisotopic (exact) mass is 318 g/mol. The summed E-state index contributed by atoms with van der Waals surface area (Å²) in [6.45, 7) is 3.38. The van der Waals surface area contributed by atoms with E-state index < -0.39 is 10.0 Å². The summed E-state index contributed by atoms with van der Waals surface area (Å²) >= 11 is 6.02. The molecule has 2 heterocycles. The molecule has 1 atom stereocenters. The summed E-state index contributed by atoms with van der Waals surface area (Å²) in [6.07, 6.45) is 2.94. The Morgan fingerprint density at radius 2 is 2.16 bits per heavy atom. The third-order valence-corrected chi connectivity index (χ3v) is 7.23. The van der Waals surface area contributed by atoms with E-state index in [2.05, 4.69) is 6.92 Å². The molecule has 0 radical (unpaired) electrons. The van der Waals surface area contributed by atoms with Gasteiger partial charge in [-0.15, -0.1) is 11.3 Å². The second-order valence-electron chi connectivity index (χ2n) is 4.92. The molecule has 0 amide bonds. The van der Waals surface area contributed by atoms with Gasteiger partial charge in [0, 0.05) is 13.1 Å². The van der Waals surface area contributed by atoms with Gasteiger partial charge in [-0.25, -0.2) is 8.42 Å². The van der Waals surface area contributed by atoms with E-state index in [4.69, 9.17) is 18.0 Å². The fourth-order valence-electron chi connectivity index (χ4n) is 2.20. The van der Waals surface area contributed by atoms with Gasteiger partial charge < -0.3 is 5.73 Å². The minimum atomic E-state index is -3.38. The first-order valence-electron chi connectivity index (χ1n) is 6.31. The lowest BCUT2D eigenvalue weighted by Gasteiger charge is -2.18. The van der Waals surface area contributed by atoms with Gasteiger partial charge in [0.2, 0.25) is 0 Å². The largest absolute Gasteiger partial charge is 0.389 e. The Morgan fingerprint density at radius 3 is 2.79 bits per heavy atom. The van der Waals surface area contributed by atoms with E-state index in [1.165, 1.54) is 0 Å². The lowest BCUT2D eigenvalue weighted by Crippen LogP contribution is -2.31. The van der Waals surface area contributed by atoms with Crippen molar-refractivity contribution in [1.29, 1.82) is 0 Å². The SMILES string of the molecule is CC1CCCN(S(=O)(=O)c2ccc(C(N)=S)s2)CC1. The third kappa shape index (κ3) is 3.34. The normalized spacial score (nSPS) is 22.1.